The second-order valence-electron chi connectivity index (χ2n) is 9.32. The maximum atomic E-state index is 13.8. The van der Waals surface area contributed by atoms with Crippen LogP contribution in [0.2, 0.25) is 0 Å². The highest BCUT2D eigenvalue weighted by molar-refractivity contribution is 7.92. The molecule has 0 aliphatic heterocycles. The van der Waals surface area contributed by atoms with Crippen LogP contribution in [0.4, 0.5) is 14.7 Å². The number of halogens is 2. The molecular formula is C29H24F2N4O5S. The third kappa shape index (κ3) is 5.59. The molecule has 0 aliphatic rings. The molecule has 2 aromatic heterocycles. The Kier molecular flexibility index (Phi) is 7.41. The molecule has 12 heteroatoms. The molecule has 0 radical (unpaired) electrons. The number of oxazole rings is 1. The molecule has 0 spiro atoms. The number of aromatic nitrogens is 2. The fraction of sp³-hybridized carbons (Fsp3) is 0.138. The molecule has 9 nitrogen and oxygen atoms in total. The van der Waals surface area contributed by atoms with Crippen molar-refractivity contribution < 1.29 is 30.9 Å². The third-order valence-electron chi connectivity index (χ3n) is 6.56. The Hall–Kier alpha value is -4.84. The highest BCUT2D eigenvalue weighted by atomic mass is 32.2. The summed E-state index contributed by atoms with van der Waals surface area (Å²) in [7, 11) is -2.64. The standard InChI is InChI=1S/C29H24F2N4O5S/c1-17-18(2)33-40-27(17)34-41(37,38)26-7-5-4-6-23(26)22-10-8-19(28-32-12-13-39-28)14-21(22)16-35(3)29(36)20-9-11-24(30)25(31)15-20/h4-15,34H,16H2,1-3H3. The molecule has 0 atom stereocenters. The van der Waals surface area contributed by atoms with Crippen LogP contribution in [0.25, 0.3) is 22.6 Å². The van der Waals surface area contributed by atoms with Crippen molar-refractivity contribution in [2.45, 2.75) is 25.3 Å². The van der Waals surface area contributed by atoms with Crippen LogP contribution in [0.15, 0.2) is 87.0 Å². The van der Waals surface area contributed by atoms with Crippen molar-refractivity contribution in [3.8, 4) is 22.6 Å². The summed E-state index contributed by atoms with van der Waals surface area (Å²) in [6, 6.07) is 14.5. The Bertz CT molecular complexity index is 1850. The zero-order valence-electron chi connectivity index (χ0n) is 22.2. The summed E-state index contributed by atoms with van der Waals surface area (Å²) in [4.78, 5) is 18.6. The van der Waals surface area contributed by atoms with Crippen molar-refractivity contribution in [3.63, 3.8) is 0 Å². The molecule has 5 rings (SSSR count). The summed E-state index contributed by atoms with van der Waals surface area (Å²) >= 11 is 0. The topological polar surface area (TPSA) is 119 Å². The molecule has 3 aromatic carbocycles. The zero-order chi connectivity index (χ0) is 29.3. The van der Waals surface area contributed by atoms with Gasteiger partial charge in [0.05, 0.1) is 16.8 Å². The molecule has 0 unspecified atom stereocenters. The van der Waals surface area contributed by atoms with Gasteiger partial charge in [0.1, 0.15) is 6.26 Å². The van der Waals surface area contributed by atoms with Gasteiger partial charge in [-0.15, -0.1) is 0 Å². The average molecular weight is 579 g/mol. The Balaban J connectivity index is 1.57. The number of aryl methyl sites for hydroxylation is 1. The number of nitrogens with zero attached hydrogens (tertiary/aromatic N) is 3. The van der Waals surface area contributed by atoms with Crippen LogP contribution in [0.3, 0.4) is 0 Å². The number of carbonyl (C=O) groups excluding carboxylic acids is 1. The molecule has 41 heavy (non-hydrogen) atoms. The highest BCUT2D eigenvalue weighted by Gasteiger charge is 2.25. The first-order valence-corrected chi connectivity index (χ1v) is 13.8. The molecule has 0 aliphatic carbocycles. The summed E-state index contributed by atoms with van der Waals surface area (Å²) < 4.78 is 67.4. The quantitative estimate of drug-likeness (QED) is 0.241. The van der Waals surface area contributed by atoms with Gasteiger partial charge in [-0.3, -0.25) is 4.79 Å². The van der Waals surface area contributed by atoms with Gasteiger partial charge in [0.15, 0.2) is 11.6 Å². The zero-order valence-corrected chi connectivity index (χ0v) is 23.0. The summed E-state index contributed by atoms with van der Waals surface area (Å²) in [6.45, 7) is 3.38. The first kappa shape index (κ1) is 27.7. The van der Waals surface area contributed by atoms with E-state index >= 15 is 0 Å². The molecule has 0 fully saturated rings. The number of carbonyl (C=O) groups is 1. The van der Waals surface area contributed by atoms with Crippen LogP contribution in [0.5, 0.6) is 0 Å². The van der Waals surface area contributed by atoms with Crippen molar-refractivity contribution >= 4 is 21.8 Å². The molecule has 5 aromatic rings. The van der Waals surface area contributed by atoms with E-state index in [0.717, 1.165) is 12.1 Å². The largest absolute Gasteiger partial charge is 0.445 e. The van der Waals surface area contributed by atoms with Crippen LogP contribution in [-0.4, -0.2) is 36.4 Å². The molecule has 0 bridgehead atoms. The van der Waals surface area contributed by atoms with Gasteiger partial charge in [0.25, 0.3) is 15.9 Å². The summed E-state index contributed by atoms with van der Waals surface area (Å²) in [5.74, 6) is -2.43. The van der Waals surface area contributed by atoms with Crippen molar-refractivity contribution in [1.82, 2.24) is 15.0 Å². The van der Waals surface area contributed by atoms with Crippen LogP contribution < -0.4 is 4.72 Å². The minimum absolute atomic E-state index is 0.00799. The molecule has 1 amide bonds. The number of hydrogen-bond acceptors (Lipinski definition) is 7. The summed E-state index contributed by atoms with van der Waals surface area (Å²) in [5.41, 5.74) is 3.07. The van der Waals surface area contributed by atoms with Crippen molar-refractivity contribution in [2.24, 2.45) is 0 Å². The van der Waals surface area contributed by atoms with Gasteiger partial charge in [0, 0.05) is 35.8 Å². The summed E-state index contributed by atoms with van der Waals surface area (Å²) in [5, 5.41) is 3.81. The van der Waals surface area contributed by atoms with E-state index in [1.807, 2.05) is 0 Å². The first-order valence-electron chi connectivity index (χ1n) is 12.3. The normalized spacial score (nSPS) is 11.4. The van der Waals surface area contributed by atoms with Gasteiger partial charge in [-0.25, -0.2) is 26.9 Å². The Morgan fingerprint density at radius 3 is 2.46 bits per heavy atom. The lowest BCUT2D eigenvalue weighted by Crippen LogP contribution is -2.26. The van der Waals surface area contributed by atoms with E-state index in [9.17, 15) is 22.0 Å². The molecule has 2 heterocycles. The predicted molar refractivity (Wildman–Crippen MR) is 146 cm³/mol. The smallest absolute Gasteiger partial charge is 0.264 e. The van der Waals surface area contributed by atoms with Gasteiger partial charge in [-0.05, 0) is 61.4 Å². The second-order valence-corrected chi connectivity index (χ2v) is 11.0. The van der Waals surface area contributed by atoms with Gasteiger partial charge < -0.3 is 13.8 Å². The first-order chi connectivity index (χ1) is 19.5. The molecule has 0 saturated heterocycles. The predicted octanol–water partition coefficient (Wildman–Crippen LogP) is 5.96. The minimum Gasteiger partial charge on any atom is -0.445 e. The fourth-order valence-corrected chi connectivity index (χ4v) is 5.54. The lowest BCUT2D eigenvalue weighted by atomic mass is 9.96. The Morgan fingerprint density at radius 1 is 1.00 bits per heavy atom. The number of benzene rings is 3. The molecule has 1 N–H and O–H groups in total. The lowest BCUT2D eigenvalue weighted by Gasteiger charge is -2.21. The van der Waals surface area contributed by atoms with Crippen molar-refractivity contribution in [1.29, 1.82) is 0 Å². The molecular weight excluding hydrogens is 554 g/mol. The van der Waals surface area contributed by atoms with E-state index in [1.54, 1.807) is 50.2 Å². The van der Waals surface area contributed by atoms with Gasteiger partial charge in [-0.1, -0.05) is 29.4 Å². The van der Waals surface area contributed by atoms with Gasteiger partial charge >= 0.3 is 0 Å². The molecule has 210 valence electrons. The number of hydrogen-bond donors (Lipinski definition) is 1. The average Bonchev–Trinajstić information content (AvgIpc) is 3.60. The van der Waals surface area contributed by atoms with Crippen molar-refractivity contribution in [2.75, 3.05) is 11.8 Å². The van der Waals surface area contributed by atoms with E-state index in [4.69, 9.17) is 8.94 Å². The van der Waals surface area contributed by atoms with E-state index in [-0.39, 0.29) is 22.9 Å². The number of sulfonamides is 1. The Morgan fingerprint density at radius 2 is 1.78 bits per heavy atom. The van der Waals surface area contributed by atoms with Crippen molar-refractivity contribution in [3.05, 3.63) is 107 Å². The maximum absolute atomic E-state index is 13.8. The Labute approximate surface area is 234 Å². The van der Waals surface area contributed by atoms with Gasteiger partial charge in [0.2, 0.25) is 11.8 Å². The SMILES string of the molecule is Cc1noc(NS(=O)(=O)c2ccccc2-c2ccc(-c3ncco3)cc2CN(C)C(=O)c2ccc(F)c(F)c2)c1C. The maximum Gasteiger partial charge on any atom is 0.264 e. The number of anilines is 1. The second kappa shape index (κ2) is 11.0. The minimum atomic E-state index is -4.14. The van der Waals surface area contributed by atoms with Crippen LogP contribution in [-0.2, 0) is 16.6 Å². The lowest BCUT2D eigenvalue weighted by molar-refractivity contribution is 0.0784. The number of rotatable bonds is 8. The van der Waals surface area contributed by atoms with E-state index in [2.05, 4.69) is 14.9 Å². The van der Waals surface area contributed by atoms with Crippen LogP contribution in [0.1, 0.15) is 27.2 Å². The fourth-order valence-electron chi connectivity index (χ4n) is 4.27. The monoisotopic (exact) mass is 578 g/mol. The van der Waals surface area contributed by atoms with E-state index in [1.165, 1.54) is 36.5 Å². The summed E-state index contributed by atoms with van der Waals surface area (Å²) in [6.07, 6.45) is 2.91. The number of nitrogens with one attached hydrogen (secondary N) is 1. The third-order valence-corrected chi connectivity index (χ3v) is 7.95. The van der Waals surface area contributed by atoms with E-state index in [0.29, 0.717) is 39.4 Å². The number of amides is 1. The van der Waals surface area contributed by atoms with E-state index < -0.39 is 27.6 Å². The van der Waals surface area contributed by atoms with Gasteiger partial charge in [-0.2, -0.15) is 0 Å². The highest BCUT2D eigenvalue weighted by Crippen LogP contribution is 2.35. The van der Waals surface area contributed by atoms with Crippen LogP contribution >= 0.6 is 0 Å². The van der Waals surface area contributed by atoms with Crippen LogP contribution in [0, 0.1) is 25.5 Å². The molecule has 0 saturated carbocycles.